The number of fused-ring (bicyclic) bond motifs is 4. The van der Waals surface area contributed by atoms with Crippen molar-refractivity contribution in [3.8, 4) is 0 Å². The van der Waals surface area contributed by atoms with Crippen molar-refractivity contribution in [3.63, 3.8) is 0 Å². The molecule has 0 radical (unpaired) electrons. The van der Waals surface area contributed by atoms with Gasteiger partial charge >= 0.3 is 0 Å². The number of carbonyl (C=O) groups excluding carboxylic acids is 2. The third-order valence-corrected chi connectivity index (χ3v) is 7.31. The lowest BCUT2D eigenvalue weighted by Crippen LogP contribution is -2.51. The van der Waals surface area contributed by atoms with Gasteiger partial charge in [-0.15, -0.1) is 0 Å². The van der Waals surface area contributed by atoms with E-state index >= 15 is 0 Å². The smallest absolute Gasteiger partial charge is 0.0697 e. The zero-order valence-corrected chi connectivity index (χ0v) is 15.3. The highest BCUT2D eigenvalue weighted by molar-refractivity contribution is 5.73. The van der Waals surface area contributed by atoms with Crippen LogP contribution in [-0.2, 0) is 19.1 Å². The van der Waals surface area contributed by atoms with Gasteiger partial charge in [0.05, 0.1) is 23.4 Å². The van der Waals surface area contributed by atoms with E-state index in [9.17, 15) is 19.8 Å². The minimum absolute atomic E-state index is 0.123. The van der Waals surface area contributed by atoms with Crippen molar-refractivity contribution < 1.29 is 29.3 Å². The maximum absolute atomic E-state index is 12.4. The molecule has 4 saturated heterocycles. The fourth-order valence-corrected chi connectivity index (χ4v) is 6.14. The zero-order valence-electron chi connectivity index (χ0n) is 15.3. The number of hydrogen-bond donors (Lipinski definition) is 0. The molecule has 0 saturated carbocycles. The topological polar surface area (TPSA) is 98.7 Å². The largest absolute Gasteiger partial charge is 0.550 e. The molecule has 0 atom stereocenters. The normalized spacial score (nSPS) is 40.0. The molecule has 4 rings (SSSR count). The number of carboxylic acid groups (broad SMARTS) is 2. The van der Waals surface area contributed by atoms with Crippen molar-refractivity contribution in [2.45, 2.75) is 107 Å². The van der Waals surface area contributed by atoms with Gasteiger partial charge in [0, 0.05) is 17.4 Å². The standard InChI is InChI=1S/C20H30O6/c21-16(22)2-1-7-18(17(23)24,12-19-8-3-14(25-19)4-9-19)13-20-10-5-15(26-20)6-11-20/h14-15H,1-13H2,(H,21,22)(H,23,24)/p-2. The monoisotopic (exact) mass is 364 g/mol. The van der Waals surface area contributed by atoms with E-state index in [4.69, 9.17) is 9.47 Å². The zero-order chi connectivity index (χ0) is 18.4. The molecule has 0 amide bonds. The lowest BCUT2D eigenvalue weighted by Gasteiger charge is -2.45. The molecule has 6 nitrogen and oxygen atoms in total. The quantitative estimate of drug-likeness (QED) is 0.601. The van der Waals surface area contributed by atoms with Crippen molar-refractivity contribution in [1.82, 2.24) is 0 Å². The van der Waals surface area contributed by atoms with Crippen molar-refractivity contribution in [2.24, 2.45) is 5.41 Å². The maximum Gasteiger partial charge on any atom is 0.0697 e. The second kappa shape index (κ2) is 6.48. The second-order valence-electron chi connectivity index (χ2n) is 9.15. The Kier molecular flexibility index (Phi) is 4.55. The lowest BCUT2D eigenvalue weighted by atomic mass is 9.64. The van der Waals surface area contributed by atoms with Gasteiger partial charge in [0.1, 0.15) is 0 Å². The van der Waals surface area contributed by atoms with E-state index in [0.29, 0.717) is 12.8 Å². The summed E-state index contributed by atoms with van der Waals surface area (Å²) >= 11 is 0. The Hall–Kier alpha value is -1.14. The highest BCUT2D eigenvalue weighted by Crippen LogP contribution is 2.56. The molecule has 0 aliphatic carbocycles. The van der Waals surface area contributed by atoms with E-state index in [1.165, 1.54) is 0 Å². The maximum atomic E-state index is 12.4. The molecule has 6 heteroatoms. The van der Waals surface area contributed by atoms with Gasteiger partial charge in [0.25, 0.3) is 0 Å². The lowest BCUT2D eigenvalue weighted by molar-refractivity contribution is -0.325. The number of rotatable bonds is 9. The summed E-state index contributed by atoms with van der Waals surface area (Å²) < 4.78 is 12.3. The van der Waals surface area contributed by atoms with Gasteiger partial charge in [-0.25, -0.2) is 0 Å². The highest BCUT2D eigenvalue weighted by Gasteiger charge is 2.55. The van der Waals surface area contributed by atoms with Crippen LogP contribution in [0.5, 0.6) is 0 Å². The summed E-state index contributed by atoms with van der Waals surface area (Å²) in [6, 6.07) is 0. The van der Waals surface area contributed by atoms with Crippen LogP contribution in [0.3, 0.4) is 0 Å². The Bertz CT molecular complexity index is 537. The fraction of sp³-hybridized carbons (Fsp3) is 0.900. The third kappa shape index (κ3) is 3.26. The summed E-state index contributed by atoms with van der Waals surface area (Å²) in [5.41, 5.74) is -1.84. The van der Waals surface area contributed by atoms with E-state index in [1.807, 2.05) is 0 Å². The Morgan fingerprint density at radius 2 is 1.35 bits per heavy atom. The van der Waals surface area contributed by atoms with Crippen LogP contribution in [0.1, 0.15) is 83.5 Å². The van der Waals surface area contributed by atoms with Crippen LogP contribution < -0.4 is 10.2 Å². The predicted molar refractivity (Wildman–Crippen MR) is 87.7 cm³/mol. The first-order chi connectivity index (χ1) is 12.3. The van der Waals surface area contributed by atoms with Gasteiger partial charge in [-0.3, -0.25) is 0 Å². The van der Waals surface area contributed by atoms with Gasteiger partial charge in [-0.2, -0.15) is 0 Å². The van der Waals surface area contributed by atoms with Crippen LogP contribution in [0.25, 0.3) is 0 Å². The van der Waals surface area contributed by atoms with Crippen LogP contribution in [-0.4, -0.2) is 35.3 Å². The van der Waals surface area contributed by atoms with Crippen LogP contribution in [0.2, 0.25) is 0 Å². The molecule has 4 aliphatic rings. The van der Waals surface area contributed by atoms with Gasteiger partial charge in [0.2, 0.25) is 0 Å². The fourth-order valence-electron chi connectivity index (χ4n) is 6.14. The van der Waals surface area contributed by atoms with Crippen molar-refractivity contribution in [2.75, 3.05) is 0 Å². The first kappa shape index (κ1) is 18.2. The number of aliphatic carboxylic acids is 2. The molecule has 0 aromatic carbocycles. The number of hydrogen-bond acceptors (Lipinski definition) is 6. The van der Waals surface area contributed by atoms with Crippen LogP contribution in [0, 0.1) is 5.41 Å². The molecule has 4 fully saturated rings. The molecule has 0 spiro atoms. The minimum atomic E-state index is -1.13. The summed E-state index contributed by atoms with van der Waals surface area (Å²) in [7, 11) is 0. The van der Waals surface area contributed by atoms with E-state index in [2.05, 4.69) is 0 Å². The van der Waals surface area contributed by atoms with Crippen LogP contribution in [0.4, 0.5) is 0 Å². The van der Waals surface area contributed by atoms with Gasteiger partial charge in [0.15, 0.2) is 0 Å². The van der Waals surface area contributed by atoms with Gasteiger partial charge in [-0.1, -0.05) is 0 Å². The first-order valence-electron chi connectivity index (χ1n) is 10.1. The Morgan fingerprint density at radius 3 is 1.65 bits per heavy atom. The Morgan fingerprint density at radius 1 is 0.885 bits per heavy atom. The first-order valence-corrected chi connectivity index (χ1v) is 10.1. The molecule has 26 heavy (non-hydrogen) atoms. The molecule has 0 N–H and O–H groups in total. The molecule has 0 aromatic heterocycles. The average molecular weight is 364 g/mol. The summed E-state index contributed by atoms with van der Waals surface area (Å²) in [5.74, 6) is -2.21. The molecule has 4 bridgehead atoms. The van der Waals surface area contributed by atoms with Crippen LogP contribution in [0.15, 0.2) is 0 Å². The van der Waals surface area contributed by atoms with E-state index in [0.717, 1.165) is 51.4 Å². The molecular weight excluding hydrogens is 336 g/mol. The molecule has 0 aromatic rings. The number of carbonyl (C=O) groups is 2. The minimum Gasteiger partial charge on any atom is -0.550 e. The third-order valence-electron chi connectivity index (χ3n) is 7.31. The highest BCUT2D eigenvalue weighted by atomic mass is 16.5. The van der Waals surface area contributed by atoms with Crippen molar-refractivity contribution >= 4 is 11.9 Å². The number of ether oxygens (including phenoxy) is 2. The van der Waals surface area contributed by atoms with Crippen LogP contribution >= 0.6 is 0 Å². The van der Waals surface area contributed by atoms with Gasteiger partial charge < -0.3 is 29.3 Å². The van der Waals surface area contributed by atoms with E-state index in [1.54, 1.807) is 0 Å². The molecule has 146 valence electrons. The van der Waals surface area contributed by atoms with Crippen molar-refractivity contribution in [1.29, 1.82) is 0 Å². The SMILES string of the molecule is O=C([O-])CCCC(CC12CCC(CC1)O2)(CC12CCC(CC1)O2)C(=O)[O-]. The van der Waals surface area contributed by atoms with E-state index < -0.39 is 17.4 Å². The van der Waals surface area contributed by atoms with Crippen molar-refractivity contribution in [3.05, 3.63) is 0 Å². The summed E-state index contributed by atoms with van der Waals surface area (Å²) in [4.78, 5) is 23.3. The second-order valence-corrected chi connectivity index (χ2v) is 9.15. The summed E-state index contributed by atoms with van der Waals surface area (Å²) in [6.07, 6.45) is 9.34. The molecular formula is C20H28O6-2. The number of carboxylic acids is 2. The average Bonchev–Trinajstić information content (AvgIpc) is 3.34. The molecule has 4 heterocycles. The van der Waals surface area contributed by atoms with Gasteiger partial charge in [-0.05, 0) is 83.5 Å². The Balaban J connectivity index is 1.57. The summed E-state index contributed by atoms with van der Waals surface area (Å²) in [5, 5.41) is 23.3. The molecule has 0 unspecified atom stereocenters. The Labute approximate surface area is 154 Å². The molecule has 4 aliphatic heterocycles. The van der Waals surface area contributed by atoms with E-state index in [-0.39, 0.29) is 42.7 Å². The predicted octanol–water partition coefficient (Wildman–Crippen LogP) is 0.846. The summed E-state index contributed by atoms with van der Waals surface area (Å²) in [6.45, 7) is 0.